The fourth-order valence-corrected chi connectivity index (χ4v) is 5.47. The Labute approximate surface area is 182 Å². The molecule has 154 valence electrons. The molecule has 2 aromatic rings. The molecule has 0 saturated carbocycles. The van der Waals surface area contributed by atoms with Gasteiger partial charge in [0.05, 0.1) is 33.6 Å². The molecule has 3 heterocycles. The van der Waals surface area contributed by atoms with Crippen LogP contribution in [0.5, 0.6) is 0 Å². The lowest BCUT2D eigenvalue weighted by molar-refractivity contribution is -0.123. The van der Waals surface area contributed by atoms with E-state index in [1.54, 1.807) is 6.07 Å². The minimum atomic E-state index is -0.769. The normalized spacial score (nSPS) is 28.2. The maximum absolute atomic E-state index is 13.4. The van der Waals surface area contributed by atoms with E-state index in [9.17, 15) is 18.8 Å². The summed E-state index contributed by atoms with van der Waals surface area (Å²) in [6, 6.07) is 9.01. The number of nitrogens with zero attached hydrogens (tertiary/aromatic N) is 2. The van der Waals surface area contributed by atoms with Gasteiger partial charge in [0.2, 0.25) is 11.8 Å². The molecule has 2 aromatic carbocycles. The van der Waals surface area contributed by atoms with Crippen LogP contribution in [0.2, 0.25) is 10.0 Å². The zero-order valence-corrected chi connectivity index (χ0v) is 17.2. The van der Waals surface area contributed by atoms with Crippen molar-refractivity contribution in [1.82, 2.24) is 4.90 Å². The topological polar surface area (TPSA) is 57.7 Å². The number of imide groups is 1. The van der Waals surface area contributed by atoms with Gasteiger partial charge in [0.25, 0.3) is 0 Å². The Balaban J connectivity index is 1.55. The number of anilines is 1. The highest BCUT2D eigenvalue weighted by atomic mass is 35.5. The molecule has 30 heavy (non-hydrogen) atoms. The summed E-state index contributed by atoms with van der Waals surface area (Å²) in [4.78, 5) is 43.2. The summed E-state index contributed by atoms with van der Waals surface area (Å²) >= 11 is 12.1. The molecule has 0 unspecified atom stereocenters. The molecule has 5 nitrogen and oxygen atoms in total. The quantitative estimate of drug-likeness (QED) is 0.528. The summed E-state index contributed by atoms with van der Waals surface area (Å²) in [5.41, 5.74) is 0.687. The number of fused-ring (bicyclic) bond motifs is 3. The Hall–Kier alpha value is -2.28. The third-order valence-electron chi connectivity index (χ3n) is 6.41. The fraction of sp³-hybridized carbons (Fsp3) is 0.318. The number of hydrogen-bond acceptors (Lipinski definition) is 4. The molecule has 3 saturated heterocycles. The molecule has 8 heteroatoms. The van der Waals surface area contributed by atoms with E-state index in [1.165, 1.54) is 36.4 Å². The van der Waals surface area contributed by atoms with E-state index in [2.05, 4.69) is 0 Å². The Bertz CT molecular complexity index is 1070. The lowest BCUT2D eigenvalue weighted by atomic mass is 9.85. The van der Waals surface area contributed by atoms with Crippen molar-refractivity contribution >= 4 is 46.5 Å². The van der Waals surface area contributed by atoms with Gasteiger partial charge in [0.15, 0.2) is 5.78 Å². The second kappa shape index (κ2) is 7.15. The molecule has 4 atom stereocenters. The number of rotatable bonds is 3. The summed E-state index contributed by atoms with van der Waals surface area (Å²) in [7, 11) is 0. The van der Waals surface area contributed by atoms with Crippen molar-refractivity contribution in [2.75, 3.05) is 11.4 Å². The van der Waals surface area contributed by atoms with Gasteiger partial charge in [-0.15, -0.1) is 0 Å². The van der Waals surface area contributed by atoms with Crippen LogP contribution in [0.25, 0.3) is 0 Å². The Kier molecular flexibility index (Phi) is 4.69. The summed E-state index contributed by atoms with van der Waals surface area (Å²) in [6.45, 7) is 0.655. The molecule has 0 aromatic heterocycles. The Morgan fingerprint density at radius 2 is 1.67 bits per heavy atom. The van der Waals surface area contributed by atoms with Gasteiger partial charge >= 0.3 is 0 Å². The first kappa shape index (κ1) is 19.7. The second-order valence-electron chi connectivity index (χ2n) is 7.93. The van der Waals surface area contributed by atoms with Crippen molar-refractivity contribution in [2.45, 2.75) is 24.9 Å². The molecule has 0 aliphatic carbocycles. The van der Waals surface area contributed by atoms with Gasteiger partial charge in [0.1, 0.15) is 5.82 Å². The van der Waals surface area contributed by atoms with Gasteiger partial charge in [-0.2, -0.15) is 0 Å². The van der Waals surface area contributed by atoms with Crippen LogP contribution >= 0.6 is 23.2 Å². The van der Waals surface area contributed by atoms with Crippen molar-refractivity contribution in [3.8, 4) is 0 Å². The highest BCUT2D eigenvalue weighted by molar-refractivity contribution is 6.42. The predicted molar refractivity (Wildman–Crippen MR) is 110 cm³/mol. The van der Waals surface area contributed by atoms with Crippen LogP contribution in [-0.2, 0) is 9.59 Å². The third kappa shape index (κ3) is 2.82. The number of halogens is 3. The maximum Gasteiger partial charge on any atom is 0.239 e. The molecule has 0 spiro atoms. The van der Waals surface area contributed by atoms with E-state index in [-0.39, 0.29) is 22.8 Å². The summed E-state index contributed by atoms with van der Waals surface area (Å²) in [6.07, 6.45) is 1.61. The highest BCUT2D eigenvalue weighted by Gasteiger charge is 2.64. The maximum atomic E-state index is 13.4. The van der Waals surface area contributed by atoms with Crippen molar-refractivity contribution in [3.63, 3.8) is 0 Å². The molecule has 0 N–H and O–H groups in total. The minimum Gasteiger partial charge on any atom is -0.292 e. The van der Waals surface area contributed by atoms with Gasteiger partial charge in [0, 0.05) is 11.6 Å². The number of benzene rings is 2. The van der Waals surface area contributed by atoms with Crippen LogP contribution in [0.3, 0.4) is 0 Å². The van der Waals surface area contributed by atoms with Crippen LogP contribution in [0.4, 0.5) is 10.1 Å². The highest BCUT2D eigenvalue weighted by Crippen LogP contribution is 2.48. The van der Waals surface area contributed by atoms with Crippen LogP contribution < -0.4 is 4.90 Å². The van der Waals surface area contributed by atoms with Gasteiger partial charge in [-0.1, -0.05) is 23.2 Å². The van der Waals surface area contributed by atoms with Crippen LogP contribution in [0.1, 0.15) is 23.2 Å². The molecule has 3 fully saturated rings. The van der Waals surface area contributed by atoms with Crippen molar-refractivity contribution in [2.24, 2.45) is 11.8 Å². The SMILES string of the molecule is O=C(c1ccc(F)cc1)[C@@H]1[C@@H]2C(=O)N(c3ccc(Cl)c(Cl)c3)C(=O)[C@H]2[C@@H]2CCCN12. The molecule has 5 rings (SSSR count). The number of ketones is 1. The zero-order valence-electron chi connectivity index (χ0n) is 15.7. The lowest BCUT2D eigenvalue weighted by Gasteiger charge is -2.27. The molecular formula is C22H17Cl2FN2O3. The summed E-state index contributed by atoms with van der Waals surface area (Å²) in [5, 5.41) is 0.569. The summed E-state index contributed by atoms with van der Waals surface area (Å²) in [5.74, 6) is -2.76. The zero-order chi connectivity index (χ0) is 21.2. The smallest absolute Gasteiger partial charge is 0.239 e. The molecule has 0 bridgehead atoms. The Morgan fingerprint density at radius 3 is 2.37 bits per heavy atom. The number of Topliss-reactive ketones (excluding diaryl/α,β-unsaturated/α-hetero) is 1. The lowest BCUT2D eigenvalue weighted by Crippen LogP contribution is -2.46. The minimum absolute atomic E-state index is 0.159. The molecule has 2 amide bonds. The first-order valence-electron chi connectivity index (χ1n) is 9.77. The molecule has 0 radical (unpaired) electrons. The van der Waals surface area contributed by atoms with Crippen molar-refractivity contribution in [3.05, 3.63) is 63.9 Å². The van der Waals surface area contributed by atoms with Gasteiger partial charge in [-0.3, -0.25) is 19.3 Å². The van der Waals surface area contributed by atoms with Crippen LogP contribution in [0, 0.1) is 17.7 Å². The largest absolute Gasteiger partial charge is 0.292 e. The van der Waals surface area contributed by atoms with Gasteiger partial charge in [-0.25, -0.2) is 9.29 Å². The van der Waals surface area contributed by atoms with E-state index < -0.39 is 29.6 Å². The standard InChI is InChI=1S/C22H17Cl2FN2O3/c23-14-8-7-13(10-15(14)24)27-21(29)17-16-2-1-9-26(16)19(18(17)22(27)30)20(28)11-3-5-12(25)6-4-11/h3-8,10,16-19H,1-2,9H2/t16-,17-,18+,19-/m0/s1. The van der Waals surface area contributed by atoms with Gasteiger partial charge < -0.3 is 0 Å². The average Bonchev–Trinajstić information content (AvgIpc) is 3.36. The predicted octanol–water partition coefficient (Wildman–Crippen LogP) is 3.97. The molecule has 3 aliphatic rings. The summed E-state index contributed by atoms with van der Waals surface area (Å²) < 4.78 is 13.3. The van der Waals surface area contributed by atoms with Crippen LogP contribution in [-0.4, -0.2) is 41.1 Å². The van der Waals surface area contributed by atoms with Crippen LogP contribution in [0.15, 0.2) is 42.5 Å². The molecular weight excluding hydrogens is 430 g/mol. The van der Waals surface area contributed by atoms with E-state index in [0.717, 1.165) is 17.7 Å². The van der Waals surface area contributed by atoms with Crippen molar-refractivity contribution in [1.29, 1.82) is 0 Å². The number of carbonyl (C=O) groups is 3. The van der Waals surface area contributed by atoms with E-state index in [1.807, 2.05) is 4.90 Å². The third-order valence-corrected chi connectivity index (χ3v) is 7.15. The number of amides is 2. The van der Waals surface area contributed by atoms with Crippen molar-refractivity contribution < 1.29 is 18.8 Å². The monoisotopic (exact) mass is 446 g/mol. The number of hydrogen-bond donors (Lipinski definition) is 0. The second-order valence-corrected chi connectivity index (χ2v) is 8.74. The molecule has 3 aliphatic heterocycles. The van der Waals surface area contributed by atoms with E-state index >= 15 is 0 Å². The first-order chi connectivity index (χ1) is 14.4. The van der Waals surface area contributed by atoms with Gasteiger partial charge in [-0.05, 0) is 61.9 Å². The van der Waals surface area contributed by atoms with E-state index in [0.29, 0.717) is 22.8 Å². The van der Waals surface area contributed by atoms with E-state index in [4.69, 9.17) is 23.2 Å². The number of carbonyl (C=O) groups excluding carboxylic acids is 3. The average molecular weight is 447 g/mol. The fourth-order valence-electron chi connectivity index (χ4n) is 5.18. The first-order valence-corrected chi connectivity index (χ1v) is 10.5. The Morgan fingerprint density at radius 1 is 0.967 bits per heavy atom.